The van der Waals surface area contributed by atoms with Gasteiger partial charge >= 0.3 is 5.97 Å². The van der Waals surface area contributed by atoms with Gasteiger partial charge in [0, 0.05) is 28.9 Å². The molecule has 0 saturated heterocycles. The van der Waals surface area contributed by atoms with E-state index in [1.807, 2.05) is 6.07 Å². The van der Waals surface area contributed by atoms with Crippen molar-refractivity contribution in [2.45, 2.75) is 40.2 Å². The SMILES string of the molecule is CN(Cc1c(C[C@H](C=O)CC(=O)O)cc(Br)c2[nH]ncc12)CC(C)(C)C. The smallest absolute Gasteiger partial charge is 0.304 e. The Labute approximate surface area is 162 Å². The lowest BCUT2D eigenvalue weighted by molar-refractivity contribution is -0.139. The van der Waals surface area contributed by atoms with E-state index in [2.05, 4.69) is 58.8 Å². The van der Waals surface area contributed by atoms with E-state index in [1.54, 1.807) is 6.20 Å². The van der Waals surface area contributed by atoms with E-state index in [0.29, 0.717) is 13.0 Å². The molecule has 1 aromatic heterocycles. The largest absolute Gasteiger partial charge is 0.481 e. The first-order valence-corrected chi connectivity index (χ1v) is 9.39. The Hall–Kier alpha value is -1.73. The molecule has 6 nitrogen and oxygen atoms in total. The number of aromatic nitrogens is 2. The van der Waals surface area contributed by atoms with Crippen LogP contribution in [0.5, 0.6) is 0 Å². The number of H-pyrrole nitrogens is 1. The molecule has 0 radical (unpaired) electrons. The first-order chi connectivity index (χ1) is 12.1. The molecule has 142 valence electrons. The second-order valence-electron chi connectivity index (χ2n) is 8.09. The van der Waals surface area contributed by atoms with Gasteiger partial charge in [0.2, 0.25) is 0 Å². The number of halogens is 1. The van der Waals surface area contributed by atoms with Crippen LogP contribution in [-0.2, 0) is 22.6 Å². The summed E-state index contributed by atoms with van der Waals surface area (Å²) in [6, 6.07) is 1.97. The number of rotatable bonds is 8. The molecule has 2 rings (SSSR count). The van der Waals surface area contributed by atoms with Gasteiger partial charge in [-0.1, -0.05) is 20.8 Å². The number of carboxylic acids is 1. The maximum absolute atomic E-state index is 11.4. The van der Waals surface area contributed by atoms with Crippen molar-refractivity contribution < 1.29 is 14.7 Å². The molecule has 0 saturated carbocycles. The fourth-order valence-corrected chi connectivity index (χ4v) is 3.94. The summed E-state index contributed by atoms with van der Waals surface area (Å²) in [5.74, 6) is -1.51. The summed E-state index contributed by atoms with van der Waals surface area (Å²) in [6.07, 6.45) is 2.76. The molecule has 0 spiro atoms. The Morgan fingerprint density at radius 1 is 1.46 bits per heavy atom. The maximum atomic E-state index is 11.4. The minimum Gasteiger partial charge on any atom is -0.481 e. The number of aldehydes is 1. The monoisotopic (exact) mass is 423 g/mol. The Balaban J connectivity index is 2.41. The number of fused-ring (bicyclic) bond motifs is 1. The van der Waals surface area contributed by atoms with Crippen molar-refractivity contribution in [3.8, 4) is 0 Å². The van der Waals surface area contributed by atoms with Crippen LogP contribution < -0.4 is 0 Å². The Morgan fingerprint density at radius 3 is 2.73 bits per heavy atom. The van der Waals surface area contributed by atoms with Gasteiger partial charge in [-0.2, -0.15) is 5.10 Å². The summed E-state index contributed by atoms with van der Waals surface area (Å²) in [7, 11) is 2.07. The molecule has 0 aliphatic rings. The van der Waals surface area contributed by atoms with Crippen LogP contribution in [0.1, 0.15) is 38.3 Å². The highest BCUT2D eigenvalue weighted by Crippen LogP contribution is 2.31. The lowest BCUT2D eigenvalue weighted by Gasteiger charge is -2.28. The third-order valence-electron chi connectivity index (χ3n) is 4.18. The van der Waals surface area contributed by atoms with Crippen molar-refractivity contribution in [1.29, 1.82) is 0 Å². The molecular formula is C19H26BrN3O3. The number of aliphatic carboxylic acids is 1. The van der Waals surface area contributed by atoms with Crippen molar-refractivity contribution in [3.63, 3.8) is 0 Å². The van der Waals surface area contributed by atoms with Crippen LogP contribution in [0.3, 0.4) is 0 Å². The van der Waals surface area contributed by atoms with Gasteiger partial charge in [-0.15, -0.1) is 0 Å². The van der Waals surface area contributed by atoms with Gasteiger partial charge in [-0.25, -0.2) is 0 Å². The molecule has 1 atom stereocenters. The molecule has 0 aliphatic carbocycles. The van der Waals surface area contributed by atoms with Crippen molar-refractivity contribution in [3.05, 3.63) is 27.9 Å². The van der Waals surface area contributed by atoms with Crippen molar-refractivity contribution in [2.75, 3.05) is 13.6 Å². The molecule has 1 aromatic carbocycles. The normalized spacial score (nSPS) is 13.3. The van der Waals surface area contributed by atoms with Crippen molar-refractivity contribution >= 4 is 39.1 Å². The van der Waals surface area contributed by atoms with Crippen molar-refractivity contribution in [2.24, 2.45) is 11.3 Å². The molecule has 0 unspecified atom stereocenters. The zero-order chi connectivity index (χ0) is 19.5. The molecular weight excluding hydrogens is 398 g/mol. The maximum Gasteiger partial charge on any atom is 0.304 e. The second kappa shape index (κ2) is 8.31. The van der Waals surface area contributed by atoms with Crippen LogP contribution in [0.2, 0.25) is 0 Å². The predicted molar refractivity (Wildman–Crippen MR) is 105 cm³/mol. The molecule has 0 amide bonds. The van der Waals surface area contributed by atoms with E-state index in [-0.39, 0.29) is 11.8 Å². The summed E-state index contributed by atoms with van der Waals surface area (Å²) in [6.45, 7) is 8.18. The Bertz CT molecular complexity index is 795. The number of benzene rings is 1. The van der Waals surface area contributed by atoms with Gasteiger partial charge < -0.3 is 14.8 Å². The van der Waals surface area contributed by atoms with E-state index in [0.717, 1.165) is 39.3 Å². The fourth-order valence-electron chi connectivity index (χ4n) is 3.36. The van der Waals surface area contributed by atoms with Gasteiger partial charge in [0.25, 0.3) is 0 Å². The number of aromatic amines is 1. The quantitative estimate of drug-likeness (QED) is 0.632. The number of carbonyl (C=O) groups excluding carboxylic acids is 1. The van der Waals surface area contributed by atoms with Gasteiger partial charge in [-0.05, 0) is 52.0 Å². The molecule has 0 bridgehead atoms. The third kappa shape index (κ3) is 5.38. The van der Waals surface area contributed by atoms with Crippen LogP contribution in [0.25, 0.3) is 10.9 Å². The second-order valence-corrected chi connectivity index (χ2v) is 8.94. The highest BCUT2D eigenvalue weighted by atomic mass is 79.9. The Morgan fingerprint density at radius 2 is 2.15 bits per heavy atom. The molecule has 2 aromatic rings. The summed E-state index contributed by atoms with van der Waals surface area (Å²) in [5.41, 5.74) is 3.13. The average molecular weight is 424 g/mol. The van der Waals surface area contributed by atoms with E-state index in [4.69, 9.17) is 5.11 Å². The minimum absolute atomic E-state index is 0.161. The highest BCUT2D eigenvalue weighted by Gasteiger charge is 2.21. The third-order valence-corrected chi connectivity index (χ3v) is 4.80. The molecule has 0 aliphatic heterocycles. The van der Waals surface area contributed by atoms with Gasteiger partial charge in [0.15, 0.2) is 0 Å². The van der Waals surface area contributed by atoms with Crippen molar-refractivity contribution in [1.82, 2.24) is 15.1 Å². The number of nitrogens with zero attached hydrogens (tertiary/aromatic N) is 2. The first-order valence-electron chi connectivity index (χ1n) is 8.59. The van der Waals surface area contributed by atoms with Crippen LogP contribution in [0, 0.1) is 11.3 Å². The lowest BCUT2D eigenvalue weighted by Crippen LogP contribution is -2.29. The molecule has 1 heterocycles. The summed E-state index contributed by atoms with van der Waals surface area (Å²) in [5, 5.41) is 17.2. The predicted octanol–water partition coefficient (Wildman–Crippen LogP) is 3.64. The van der Waals surface area contributed by atoms with Crippen LogP contribution in [0.15, 0.2) is 16.7 Å². The lowest BCUT2D eigenvalue weighted by atomic mass is 9.91. The zero-order valence-corrected chi connectivity index (χ0v) is 17.3. The van der Waals surface area contributed by atoms with Gasteiger partial charge in [-0.3, -0.25) is 9.89 Å². The number of nitrogens with one attached hydrogen (secondary N) is 1. The van der Waals surface area contributed by atoms with Crippen LogP contribution in [-0.4, -0.2) is 46.1 Å². The van der Waals surface area contributed by atoms with Crippen LogP contribution >= 0.6 is 15.9 Å². The van der Waals surface area contributed by atoms with E-state index in [9.17, 15) is 9.59 Å². The van der Waals surface area contributed by atoms with E-state index < -0.39 is 11.9 Å². The first kappa shape index (κ1) is 20.6. The number of hydrogen-bond donors (Lipinski definition) is 2. The molecule has 2 N–H and O–H groups in total. The average Bonchev–Trinajstić information content (AvgIpc) is 2.98. The summed E-state index contributed by atoms with van der Waals surface area (Å²) < 4.78 is 0.863. The zero-order valence-electron chi connectivity index (χ0n) is 15.7. The molecule has 7 heteroatoms. The molecule has 0 fully saturated rings. The topological polar surface area (TPSA) is 86.3 Å². The minimum atomic E-state index is -0.961. The van der Waals surface area contributed by atoms with E-state index >= 15 is 0 Å². The number of carboxylic acid groups (broad SMARTS) is 1. The van der Waals surface area contributed by atoms with E-state index in [1.165, 1.54) is 0 Å². The summed E-state index contributed by atoms with van der Waals surface area (Å²) in [4.78, 5) is 24.6. The van der Waals surface area contributed by atoms with Crippen LogP contribution in [0.4, 0.5) is 0 Å². The summed E-state index contributed by atoms with van der Waals surface area (Å²) >= 11 is 3.55. The standard InChI is InChI=1S/C19H26BrN3O3/c1-19(2,3)11-23(4)9-15-13(5-12(10-24)6-17(25)26)7-16(20)18-14(15)8-21-22-18/h7-8,10,12H,5-6,9,11H2,1-4H3,(H,21,22)(H,25,26)/t12-/m0/s1. The van der Waals surface area contributed by atoms with Gasteiger partial charge in [0.05, 0.1) is 18.1 Å². The molecule has 26 heavy (non-hydrogen) atoms. The highest BCUT2D eigenvalue weighted by molar-refractivity contribution is 9.10. The number of hydrogen-bond acceptors (Lipinski definition) is 4. The number of carbonyl (C=O) groups is 2. The van der Waals surface area contributed by atoms with Gasteiger partial charge in [0.1, 0.15) is 6.29 Å². The fraction of sp³-hybridized carbons (Fsp3) is 0.526. The Kier molecular flexibility index (Phi) is 6.58.